The van der Waals surface area contributed by atoms with Crippen LogP contribution in [0.25, 0.3) is 0 Å². The van der Waals surface area contributed by atoms with E-state index in [4.69, 9.17) is 32.7 Å². The summed E-state index contributed by atoms with van der Waals surface area (Å²) in [5, 5.41) is 1.17. The molecule has 1 saturated heterocycles. The molecule has 0 amide bonds. The highest BCUT2D eigenvalue weighted by molar-refractivity contribution is 6.35. The van der Waals surface area contributed by atoms with Crippen molar-refractivity contribution < 1.29 is 9.47 Å². The molecular formula is C14H19Cl2NO2. The monoisotopic (exact) mass is 303 g/mol. The van der Waals surface area contributed by atoms with E-state index in [-0.39, 0.29) is 12.2 Å². The van der Waals surface area contributed by atoms with Crippen molar-refractivity contribution >= 4 is 23.2 Å². The summed E-state index contributed by atoms with van der Waals surface area (Å²) in [5.74, 6) is 0.681. The molecule has 0 aromatic heterocycles. The molecule has 1 aliphatic rings. The molecule has 2 atom stereocenters. The third-order valence-electron chi connectivity index (χ3n) is 3.05. The Morgan fingerprint density at radius 1 is 1.26 bits per heavy atom. The molecule has 1 fully saturated rings. The van der Waals surface area contributed by atoms with Crippen molar-refractivity contribution in [2.75, 3.05) is 26.2 Å². The van der Waals surface area contributed by atoms with Crippen molar-refractivity contribution in [3.05, 3.63) is 28.2 Å². The molecule has 106 valence electrons. The predicted molar refractivity (Wildman–Crippen MR) is 78.4 cm³/mol. The van der Waals surface area contributed by atoms with Gasteiger partial charge < -0.3 is 9.47 Å². The fourth-order valence-electron chi connectivity index (χ4n) is 2.34. The second-order valence-electron chi connectivity index (χ2n) is 4.94. The molecule has 1 aliphatic heterocycles. The van der Waals surface area contributed by atoms with Crippen molar-refractivity contribution in [1.82, 2.24) is 4.90 Å². The quantitative estimate of drug-likeness (QED) is 0.850. The highest BCUT2D eigenvalue weighted by Crippen LogP contribution is 2.27. The van der Waals surface area contributed by atoms with Crippen LogP contribution in [0.4, 0.5) is 0 Å². The van der Waals surface area contributed by atoms with E-state index in [2.05, 4.69) is 18.7 Å². The Morgan fingerprint density at radius 3 is 2.58 bits per heavy atom. The summed E-state index contributed by atoms with van der Waals surface area (Å²) in [6, 6.07) is 5.27. The molecule has 3 nitrogen and oxygen atoms in total. The molecule has 1 heterocycles. The molecule has 19 heavy (non-hydrogen) atoms. The Labute approximate surface area is 124 Å². The Balaban J connectivity index is 1.80. The Bertz CT molecular complexity index is 418. The van der Waals surface area contributed by atoms with E-state index in [0.29, 0.717) is 22.4 Å². The summed E-state index contributed by atoms with van der Waals surface area (Å²) in [5.41, 5.74) is 0. The van der Waals surface area contributed by atoms with Gasteiger partial charge in [-0.25, -0.2) is 0 Å². The maximum Gasteiger partial charge on any atom is 0.138 e. The lowest BCUT2D eigenvalue weighted by molar-refractivity contribution is -0.0699. The van der Waals surface area contributed by atoms with Gasteiger partial charge in [0.15, 0.2) is 0 Å². The first kappa shape index (κ1) is 14.9. The number of halogens is 2. The van der Waals surface area contributed by atoms with E-state index in [9.17, 15) is 0 Å². The van der Waals surface area contributed by atoms with Crippen LogP contribution in [0.1, 0.15) is 13.8 Å². The van der Waals surface area contributed by atoms with E-state index in [1.165, 1.54) is 0 Å². The van der Waals surface area contributed by atoms with Crippen molar-refractivity contribution in [3.8, 4) is 5.75 Å². The van der Waals surface area contributed by atoms with Crippen LogP contribution in [0.5, 0.6) is 5.75 Å². The second kappa shape index (κ2) is 6.80. The summed E-state index contributed by atoms with van der Waals surface area (Å²) in [6.45, 7) is 7.57. The first-order valence-electron chi connectivity index (χ1n) is 6.50. The van der Waals surface area contributed by atoms with Gasteiger partial charge in [-0.15, -0.1) is 0 Å². The lowest BCUT2D eigenvalue weighted by Gasteiger charge is -2.35. The van der Waals surface area contributed by atoms with Gasteiger partial charge in [0.05, 0.1) is 17.2 Å². The van der Waals surface area contributed by atoms with Gasteiger partial charge in [-0.3, -0.25) is 4.90 Å². The largest absolute Gasteiger partial charge is 0.491 e. The summed E-state index contributed by atoms with van der Waals surface area (Å²) < 4.78 is 11.4. The molecule has 0 radical (unpaired) electrons. The van der Waals surface area contributed by atoms with Gasteiger partial charge in [0.2, 0.25) is 0 Å². The fraction of sp³-hybridized carbons (Fsp3) is 0.571. The van der Waals surface area contributed by atoms with Gasteiger partial charge in [0.1, 0.15) is 12.4 Å². The van der Waals surface area contributed by atoms with Crippen LogP contribution < -0.4 is 4.74 Å². The minimum Gasteiger partial charge on any atom is -0.491 e. The minimum absolute atomic E-state index is 0.280. The Morgan fingerprint density at radius 2 is 1.95 bits per heavy atom. The van der Waals surface area contributed by atoms with Crippen LogP contribution in [0.3, 0.4) is 0 Å². The number of benzene rings is 1. The molecule has 0 unspecified atom stereocenters. The fourth-order valence-corrected chi connectivity index (χ4v) is 2.81. The average Bonchev–Trinajstić information content (AvgIpc) is 2.30. The lowest BCUT2D eigenvalue weighted by atomic mass is 10.2. The maximum atomic E-state index is 6.05. The zero-order chi connectivity index (χ0) is 13.8. The van der Waals surface area contributed by atoms with Gasteiger partial charge in [-0.1, -0.05) is 23.2 Å². The van der Waals surface area contributed by atoms with Crippen molar-refractivity contribution in [1.29, 1.82) is 0 Å². The molecule has 5 heteroatoms. The van der Waals surface area contributed by atoms with Crippen LogP contribution in [-0.4, -0.2) is 43.3 Å². The van der Waals surface area contributed by atoms with Crippen molar-refractivity contribution in [3.63, 3.8) is 0 Å². The zero-order valence-electron chi connectivity index (χ0n) is 11.2. The number of hydrogen-bond acceptors (Lipinski definition) is 3. The molecule has 0 spiro atoms. The van der Waals surface area contributed by atoms with E-state index in [1.54, 1.807) is 18.2 Å². The number of rotatable bonds is 4. The molecule has 2 rings (SSSR count). The molecular weight excluding hydrogens is 285 g/mol. The number of nitrogens with zero attached hydrogens (tertiary/aromatic N) is 1. The highest BCUT2D eigenvalue weighted by atomic mass is 35.5. The van der Waals surface area contributed by atoms with Gasteiger partial charge in [-0.2, -0.15) is 0 Å². The highest BCUT2D eigenvalue weighted by Gasteiger charge is 2.21. The SMILES string of the molecule is C[C@@H]1CN(CCOc2ccc(Cl)cc2Cl)C[C@@H](C)O1. The molecule has 1 aromatic carbocycles. The van der Waals surface area contributed by atoms with Crippen molar-refractivity contribution in [2.24, 2.45) is 0 Å². The average molecular weight is 304 g/mol. The second-order valence-corrected chi connectivity index (χ2v) is 5.78. The number of ether oxygens (including phenoxy) is 2. The minimum atomic E-state index is 0.280. The zero-order valence-corrected chi connectivity index (χ0v) is 12.7. The first-order valence-corrected chi connectivity index (χ1v) is 7.26. The van der Waals surface area contributed by atoms with Gasteiger partial charge in [0.25, 0.3) is 0 Å². The Kier molecular flexibility index (Phi) is 5.34. The third kappa shape index (κ3) is 4.53. The predicted octanol–water partition coefficient (Wildman–Crippen LogP) is 3.48. The number of hydrogen-bond donors (Lipinski definition) is 0. The standard InChI is InChI=1S/C14H19Cl2NO2/c1-10-8-17(9-11(2)19-10)5-6-18-14-4-3-12(15)7-13(14)16/h3-4,7,10-11H,5-6,8-9H2,1-2H3/t10-,11-/m1/s1. The van der Waals surface area contributed by atoms with Crippen LogP contribution in [0.2, 0.25) is 10.0 Å². The first-order chi connectivity index (χ1) is 9.04. The topological polar surface area (TPSA) is 21.7 Å². The summed E-state index contributed by atoms with van der Waals surface area (Å²) in [7, 11) is 0. The molecule has 0 saturated carbocycles. The molecule has 0 bridgehead atoms. The summed E-state index contributed by atoms with van der Waals surface area (Å²) >= 11 is 11.9. The number of morpholine rings is 1. The normalized spacial score (nSPS) is 24.4. The van der Waals surface area contributed by atoms with E-state index in [1.807, 2.05) is 0 Å². The summed E-state index contributed by atoms with van der Waals surface area (Å²) in [6.07, 6.45) is 0.561. The van der Waals surface area contributed by atoms with Gasteiger partial charge in [-0.05, 0) is 32.0 Å². The molecule has 0 aliphatic carbocycles. The third-order valence-corrected chi connectivity index (χ3v) is 3.58. The van der Waals surface area contributed by atoms with Crippen LogP contribution in [0.15, 0.2) is 18.2 Å². The van der Waals surface area contributed by atoms with Crippen LogP contribution in [0, 0.1) is 0 Å². The van der Waals surface area contributed by atoms with E-state index < -0.39 is 0 Å². The molecule has 1 aromatic rings. The summed E-state index contributed by atoms with van der Waals surface area (Å²) in [4.78, 5) is 2.35. The van der Waals surface area contributed by atoms with Gasteiger partial charge in [0, 0.05) is 24.7 Å². The van der Waals surface area contributed by atoms with Crippen LogP contribution >= 0.6 is 23.2 Å². The van der Waals surface area contributed by atoms with Crippen molar-refractivity contribution in [2.45, 2.75) is 26.1 Å². The maximum absolute atomic E-state index is 6.05. The Hall–Kier alpha value is -0.480. The molecule has 0 N–H and O–H groups in total. The van der Waals surface area contributed by atoms with E-state index in [0.717, 1.165) is 19.6 Å². The smallest absolute Gasteiger partial charge is 0.138 e. The van der Waals surface area contributed by atoms with E-state index >= 15 is 0 Å². The lowest BCUT2D eigenvalue weighted by Crippen LogP contribution is -2.46. The van der Waals surface area contributed by atoms with Gasteiger partial charge >= 0.3 is 0 Å². The van der Waals surface area contributed by atoms with Crippen LogP contribution in [-0.2, 0) is 4.74 Å².